The lowest BCUT2D eigenvalue weighted by Gasteiger charge is -2.33. The Bertz CT molecular complexity index is 1330. The molecule has 8 nitrogen and oxygen atoms in total. The first-order valence-corrected chi connectivity index (χ1v) is 10.8. The molecule has 1 fully saturated rings. The summed E-state index contributed by atoms with van der Waals surface area (Å²) in [6.45, 7) is 4.38. The highest BCUT2D eigenvalue weighted by molar-refractivity contribution is 5.98. The van der Waals surface area contributed by atoms with Crippen LogP contribution in [0.1, 0.15) is 12.8 Å². The summed E-state index contributed by atoms with van der Waals surface area (Å²) < 4.78 is 7.72. The normalized spacial score (nSPS) is 16.4. The van der Waals surface area contributed by atoms with Gasteiger partial charge in [0.1, 0.15) is 29.3 Å². The molecule has 1 atom stereocenters. The monoisotopic (exact) mass is 440 g/mol. The number of hydrogen-bond donors (Lipinski definition) is 1. The second-order valence-electron chi connectivity index (χ2n) is 8.14. The number of benzene rings is 2. The fourth-order valence-electron chi connectivity index (χ4n) is 4.14. The van der Waals surface area contributed by atoms with Gasteiger partial charge in [-0.2, -0.15) is 5.10 Å². The minimum absolute atomic E-state index is 0.00297. The molecule has 2 aromatic heterocycles. The maximum atomic E-state index is 12.4. The van der Waals surface area contributed by atoms with E-state index in [2.05, 4.69) is 16.5 Å². The zero-order chi connectivity index (χ0) is 22.9. The molecule has 33 heavy (non-hydrogen) atoms. The number of aromatic nitrogens is 4. The fraction of sp³-hybridized carbons (Fsp3) is 0.200. The largest absolute Gasteiger partial charge is 0.457 e. The van der Waals surface area contributed by atoms with Crippen LogP contribution in [0.2, 0.25) is 0 Å². The molecule has 0 aliphatic carbocycles. The van der Waals surface area contributed by atoms with Crippen molar-refractivity contribution in [3.8, 4) is 22.8 Å². The Morgan fingerprint density at radius 2 is 1.82 bits per heavy atom. The Hall–Kier alpha value is -4.20. The van der Waals surface area contributed by atoms with Crippen molar-refractivity contribution in [2.75, 3.05) is 12.8 Å². The molecule has 1 unspecified atom stereocenters. The lowest BCUT2D eigenvalue weighted by Crippen LogP contribution is -2.44. The van der Waals surface area contributed by atoms with Crippen molar-refractivity contribution in [1.82, 2.24) is 24.6 Å². The minimum atomic E-state index is -0.0221. The average Bonchev–Trinajstić information content (AvgIpc) is 3.20. The number of fused-ring (bicyclic) bond motifs is 1. The van der Waals surface area contributed by atoms with Crippen LogP contribution in [0.15, 0.2) is 73.1 Å². The standard InChI is InChI=1S/C25H24N6O2/c1-16-8-11-18(30(2)25(16)32)14-31-24-21(23(26)27-15-28-24)22(29-31)17-9-12-20(13-10-17)33-19-6-4-3-5-7-19/h3-7,9-10,12-13,15,18H,1,8,11,14H2,2H3,(H2,26,27,28). The van der Waals surface area contributed by atoms with E-state index < -0.39 is 0 Å². The lowest BCUT2D eigenvalue weighted by molar-refractivity contribution is -0.130. The number of carbonyl (C=O) groups excluding carboxylic acids is 1. The third-order valence-corrected chi connectivity index (χ3v) is 6.00. The van der Waals surface area contributed by atoms with Crippen LogP contribution in [0, 0.1) is 0 Å². The number of nitrogens with two attached hydrogens (primary N) is 1. The van der Waals surface area contributed by atoms with Gasteiger partial charge in [0.05, 0.1) is 18.0 Å². The van der Waals surface area contributed by atoms with Crippen molar-refractivity contribution in [1.29, 1.82) is 0 Å². The highest BCUT2D eigenvalue weighted by Crippen LogP contribution is 2.33. The topological polar surface area (TPSA) is 99.2 Å². The van der Waals surface area contributed by atoms with Crippen LogP contribution in [0.3, 0.4) is 0 Å². The smallest absolute Gasteiger partial charge is 0.249 e. The number of rotatable bonds is 5. The van der Waals surface area contributed by atoms with Crippen LogP contribution in [0.5, 0.6) is 11.5 Å². The molecule has 3 heterocycles. The molecule has 0 radical (unpaired) electrons. The van der Waals surface area contributed by atoms with E-state index in [0.29, 0.717) is 41.1 Å². The second-order valence-corrected chi connectivity index (χ2v) is 8.14. The van der Waals surface area contributed by atoms with Gasteiger partial charge in [0, 0.05) is 18.2 Å². The van der Waals surface area contributed by atoms with Gasteiger partial charge in [0.25, 0.3) is 0 Å². The Kier molecular flexibility index (Phi) is 5.26. The molecule has 2 N–H and O–H groups in total. The Morgan fingerprint density at radius 1 is 1.09 bits per heavy atom. The number of para-hydroxylation sites is 1. The number of anilines is 1. The van der Waals surface area contributed by atoms with E-state index in [1.807, 2.05) is 59.3 Å². The van der Waals surface area contributed by atoms with Crippen molar-refractivity contribution in [2.45, 2.75) is 25.4 Å². The van der Waals surface area contributed by atoms with Gasteiger partial charge in [0.15, 0.2) is 5.65 Å². The number of piperidine rings is 1. The van der Waals surface area contributed by atoms with Crippen LogP contribution in [0.25, 0.3) is 22.3 Å². The summed E-state index contributed by atoms with van der Waals surface area (Å²) in [5, 5.41) is 5.54. The number of nitrogen functional groups attached to an aromatic ring is 1. The zero-order valence-corrected chi connectivity index (χ0v) is 18.3. The Labute approximate surface area is 191 Å². The number of nitrogens with zero attached hydrogens (tertiary/aromatic N) is 5. The zero-order valence-electron chi connectivity index (χ0n) is 18.3. The summed E-state index contributed by atoms with van der Waals surface area (Å²) in [7, 11) is 1.80. The molecular weight excluding hydrogens is 416 g/mol. The van der Waals surface area contributed by atoms with Crippen molar-refractivity contribution in [3.05, 3.63) is 73.1 Å². The predicted octanol–water partition coefficient (Wildman–Crippen LogP) is 4.04. The highest BCUT2D eigenvalue weighted by atomic mass is 16.5. The summed E-state index contributed by atoms with van der Waals surface area (Å²) in [4.78, 5) is 22.7. The molecule has 1 saturated heterocycles. The van der Waals surface area contributed by atoms with E-state index >= 15 is 0 Å². The number of likely N-dealkylation sites (N-methyl/N-ethyl adjacent to an activating group) is 1. The molecule has 0 bridgehead atoms. The Morgan fingerprint density at radius 3 is 2.58 bits per heavy atom. The maximum absolute atomic E-state index is 12.4. The third-order valence-electron chi connectivity index (χ3n) is 6.00. The maximum Gasteiger partial charge on any atom is 0.249 e. The quantitative estimate of drug-likeness (QED) is 0.470. The first kappa shape index (κ1) is 20.7. The first-order chi connectivity index (χ1) is 16.0. The number of carbonyl (C=O) groups is 1. The van der Waals surface area contributed by atoms with Gasteiger partial charge >= 0.3 is 0 Å². The number of likely N-dealkylation sites (tertiary alicyclic amines) is 1. The van der Waals surface area contributed by atoms with Crippen LogP contribution in [-0.4, -0.2) is 43.6 Å². The second kappa shape index (κ2) is 8.38. The first-order valence-electron chi connectivity index (χ1n) is 10.8. The van der Waals surface area contributed by atoms with Crippen LogP contribution in [-0.2, 0) is 11.3 Å². The summed E-state index contributed by atoms with van der Waals surface area (Å²) in [5.74, 6) is 1.84. The summed E-state index contributed by atoms with van der Waals surface area (Å²) in [5.41, 5.74) is 9.10. The minimum Gasteiger partial charge on any atom is -0.457 e. The average molecular weight is 441 g/mol. The van der Waals surface area contributed by atoms with E-state index in [-0.39, 0.29) is 11.9 Å². The molecule has 1 aliphatic heterocycles. The molecule has 5 rings (SSSR count). The van der Waals surface area contributed by atoms with Crippen LogP contribution < -0.4 is 10.5 Å². The summed E-state index contributed by atoms with van der Waals surface area (Å²) in [6, 6.07) is 17.3. The molecule has 2 aromatic carbocycles. The van der Waals surface area contributed by atoms with E-state index in [1.54, 1.807) is 11.9 Å². The molecule has 166 valence electrons. The lowest BCUT2D eigenvalue weighted by atomic mass is 9.99. The van der Waals surface area contributed by atoms with E-state index in [4.69, 9.17) is 15.6 Å². The molecule has 0 saturated carbocycles. The summed E-state index contributed by atoms with van der Waals surface area (Å²) in [6.07, 6.45) is 2.94. The van der Waals surface area contributed by atoms with Crippen LogP contribution >= 0.6 is 0 Å². The van der Waals surface area contributed by atoms with Crippen molar-refractivity contribution in [2.24, 2.45) is 0 Å². The van der Waals surface area contributed by atoms with E-state index in [0.717, 1.165) is 23.5 Å². The van der Waals surface area contributed by atoms with Crippen molar-refractivity contribution < 1.29 is 9.53 Å². The van der Waals surface area contributed by atoms with Gasteiger partial charge in [0.2, 0.25) is 5.91 Å². The van der Waals surface area contributed by atoms with Crippen molar-refractivity contribution in [3.63, 3.8) is 0 Å². The SMILES string of the molecule is C=C1CCC(Cn2nc(-c3ccc(Oc4ccccc4)cc3)c3c(N)ncnc32)N(C)C1=O. The molecule has 1 aliphatic rings. The van der Waals surface area contributed by atoms with Gasteiger partial charge in [-0.25, -0.2) is 14.6 Å². The van der Waals surface area contributed by atoms with Crippen molar-refractivity contribution >= 4 is 22.8 Å². The number of hydrogen-bond acceptors (Lipinski definition) is 6. The van der Waals surface area contributed by atoms with Gasteiger partial charge in [-0.15, -0.1) is 0 Å². The van der Waals surface area contributed by atoms with Gasteiger partial charge in [-0.3, -0.25) is 4.79 Å². The molecule has 8 heteroatoms. The summed E-state index contributed by atoms with van der Waals surface area (Å²) >= 11 is 0. The van der Waals surface area contributed by atoms with Gasteiger partial charge < -0.3 is 15.4 Å². The Balaban J connectivity index is 1.48. The molecule has 0 spiro atoms. The van der Waals surface area contributed by atoms with Gasteiger partial charge in [-0.1, -0.05) is 24.8 Å². The predicted molar refractivity (Wildman–Crippen MR) is 127 cm³/mol. The third kappa shape index (κ3) is 3.91. The van der Waals surface area contributed by atoms with E-state index in [1.165, 1.54) is 6.33 Å². The molecular formula is C25H24N6O2. The van der Waals surface area contributed by atoms with E-state index in [9.17, 15) is 4.79 Å². The molecule has 1 amide bonds. The fourth-order valence-corrected chi connectivity index (χ4v) is 4.14. The highest BCUT2D eigenvalue weighted by Gasteiger charge is 2.29. The number of ether oxygens (including phenoxy) is 1. The molecule has 4 aromatic rings. The van der Waals surface area contributed by atoms with Gasteiger partial charge in [-0.05, 0) is 49.2 Å². The van der Waals surface area contributed by atoms with Crippen LogP contribution in [0.4, 0.5) is 5.82 Å². The number of amides is 1.